The van der Waals surface area contributed by atoms with Crippen molar-refractivity contribution in [2.75, 3.05) is 20.3 Å². The van der Waals surface area contributed by atoms with Gasteiger partial charge in [0.15, 0.2) is 6.61 Å². The molecule has 0 unspecified atom stereocenters. The second kappa shape index (κ2) is 7.92. The van der Waals surface area contributed by atoms with E-state index in [2.05, 4.69) is 9.72 Å². The number of aromatic nitrogens is 1. The van der Waals surface area contributed by atoms with Crippen LogP contribution in [0.1, 0.15) is 37.1 Å². The second-order valence-electron chi connectivity index (χ2n) is 6.40. The van der Waals surface area contributed by atoms with E-state index in [1.165, 1.54) is 12.0 Å². The largest absolute Gasteiger partial charge is 0.495 e. The minimum absolute atomic E-state index is 0.117. The molecular formula is C17H21F3N2O4. The Morgan fingerprint density at radius 2 is 2.04 bits per heavy atom. The van der Waals surface area contributed by atoms with Crippen LogP contribution in [0.25, 0.3) is 0 Å². The molecule has 1 aromatic rings. The molecule has 1 amide bonds. The number of pyridine rings is 1. The van der Waals surface area contributed by atoms with Crippen molar-refractivity contribution in [3.8, 4) is 5.75 Å². The molecule has 1 fully saturated rings. The zero-order valence-electron chi connectivity index (χ0n) is 14.8. The molecule has 1 saturated heterocycles. The molecule has 2 atom stereocenters. The van der Waals surface area contributed by atoms with Gasteiger partial charge in [-0.2, -0.15) is 13.2 Å². The Morgan fingerprint density at radius 1 is 1.35 bits per heavy atom. The standard InChI is InChI=1S/C17H21F3N2O4/c1-10-4-5-13(12-6-14(25-3)11(2)21-7-12)22(8-10)15(23)16(24)26-9-17(18,19)20/h6-7,10,13H,4-5,8-9H2,1-3H3/t10-,13+/m0/s1. The summed E-state index contributed by atoms with van der Waals surface area (Å²) in [5.41, 5.74) is 1.33. The van der Waals surface area contributed by atoms with Gasteiger partial charge in [-0.15, -0.1) is 0 Å². The first-order valence-electron chi connectivity index (χ1n) is 8.17. The van der Waals surface area contributed by atoms with Gasteiger partial charge < -0.3 is 14.4 Å². The number of halogens is 3. The van der Waals surface area contributed by atoms with Gasteiger partial charge in [-0.1, -0.05) is 6.92 Å². The van der Waals surface area contributed by atoms with E-state index in [1.807, 2.05) is 6.92 Å². The van der Waals surface area contributed by atoms with Gasteiger partial charge in [0.05, 0.1) is 18.8 Å². The molecule has 2 heterocycles. The minimum atomic E-state index is -4.68. The van der Waals surface area contributed by atoms with Crippen LogP contribution in [0.2, 0.25) is 0 Å². The van der Waals surface area contributed by atoms with Gasteiger partial charge >= 0.3 is 18.1 Å². The molecule has 0 spiro atoms. The summed E-state index contributed by atoms with van der Waals surface area (Å²) in [4.78, 5) is 29.7. The number of ether oxygens (including phenoxy) is 2. The fourth-order valence-electron chi connectivity index (χ4n) is 2.97. The number of likely N-dealkylation sites (tertiary alicyclic amines) is 1. The number of piperidine rings is 1. The lowest BCUT2D eigenvalue weighted by Crippen LogP contribution is -2.45. The van der Waals surface area contributed by atoms with Crippen LogP contribution in [0.4, 0.5) is 13.2 Å². The maximum absolute atomic E-state index is 12.4. The number of aryl methyl sites for hydroxylation is 1. The Labute approximate surface area is 149 Å². The average Bonchev–Trinajstić information content (AvgIpc) is 2.59. The third-order valence-corrected chi connectivity index (χ3v) is 4.29. The third kappa shape index (κ3) is 4.86. The lowest BCUT2D eigenvalue weighted by atomic mass is 9.90. The molecular weight excluding hydrogens is 353 g/mol. The van der Waals surface area contributed by atoms with Crippen LogP contribution >= 0.6 is 0 Å². The minimum Gasteiger partial charge on any atom is -0.495 e. The molecule has 0 bridgehead atoms. The highest BCUT2D eigenvalue weighted by atomic mass is 19.4. The van der Waals surface area contributed by atoms with Crippen molar-refractivity contribution in [1.82, 2.24) is 9.88 Å². The van der Waals surface area contributed by atoms with Gasteiger partial charge in [0.1, 0.15) is 5.75 Å². The summed E-state index contributed by atoms with van der Waals surface area (Å²) in [6, 6.07) is 1.25. The number of carbonyl (C=O) groups excluding carboxylic acids is 2. The van der Waals surface area contributed by atoms with Crippen molar-refractivity contribution in [1.29, 1.82) is 0 Å². The molecule has 0 radical (unpaired) electrons. The van der Waals surface area contributed by atoms with Gasteiger partial charge in [0, 0.05) is 12.7 Å². The van der Waals surface area contributed by atoms with E-state index in [1.54, 1.807) is 19.2 Å². The fourth-order valence-corrected chi connectivity index (χ4v) is 2.97. The van der Waals surface area contributed by atoms with Gasteiger partial charge in [0.25, 0.3) is 0 Å². The molecule has 6 nitrogen and oxygen atoms in total. The first kappa shape index (κ1) is 20.0. The number of rotatable bonds is 3. The SMILES string of the molecule is COc1cc([C@H]2CC[C@H](C)CN2C(=O)C(=O)OCC(F)(F)F)cnc1C. The van der Waals surface area contributed by atoms with Crippen LogP contribution in [0.5, 0.6) is 5.75 Å². The topological polar surface area (TPSA) is 68.7 Å². The monoisotopic (exact) mass is 374 g/mol. The maximum atomic E-state index is 12.4. The molecule has 0 aliphatic carbocycles. The van der Waals surface area contributed by atoms with Crippen LogP contribution in [0, 0.1) is 12.8 Å². The summed E-state index contributed by atoms with van der Waals surface area (Å²) in [7, 11) is 1.49. The van der Waals surface area contributed by atoms with Crippen LogP contribution in [-0.4, -0.2) is 48.2 Å². The zero-order valence-corrected chi connectivity index (χ0v) is 14.8. The van der Waals surface area contributed by atoms with Crippen LogP contribution in [-0.2, 0) is 14.3 Å². The summed E-state index contributed by atoms with van der Waals surface area (Å²) in [5, 5.41) is 0. The molecule has 0 saturated carbocycles. The summed E-state index contributed by atoms with van der Waals surface area (Å²) in [5.74, 6) is -1.93. The molecule has 1 aliphatic heterocycles. The Kier molecular flexibility index (Phi) is 6.09. The van der Waals surface area contributed by atoms with Crippen LogP contribution < -0.4 is 4.74 Å². The van der Waals surface area contributed by atoms with Crippen LogP contribution in [0.3, 0.4) is 0 Å². The van der Waals surface area contributed by atoms with E-state index in [0.29, 0.717) is 23.4 Å². The highest BCUT2D eigenvalue weighted by molar-refractivity contribution is 6.32. The number of methoxy groups -OCH3 is 1. The van der Waals surface area contributed by atoms with Gasteiger partial charge in [-0.25, -0.2) is 4.79 Å². The predicted octanol–water partition coefficient (Wildman–Crippen LogP) is 2.80. The van der Waals surface area contributed by atoms with Crippen molar-refractivity contribution in [3.63, 3.8) is 0 Å². The number of amides is 1. The lowest BCUT2D eigenvalue weighted by molar-refractivity contribution is -0.190. The number of esters is 1. The molecule has 0 N–H and O–H groups in total. The summed E-state index contributed by atoms with van der Waals surface area (Å²) in [6.07, 6.45) is -1.73. The Morgan fingerprint density at radius 3 is 2.65 bits per heavy atom. The second-order valence-corrected chi connectivity index (χ2v) is 6.40. The lowest BCUT2D eigenvalue weighted by Gasteiger charge is -2.38. The van der Waals surface area contributed by atoms with Gasteiger partial charge in [-0.05, 0) is 37.3 Å². The van der Waals surface area contributed by atoms with E-state index in [9.17, 15) is 22.8 Å². The van der Waals surface area contributed by atoms with Crippen LogP contribution in [0.15, 0.2) is 12.3 Å². The number of hydrogen-bond donors (Lipinski definition) is 0. The summed E-state index contributed by atoms with van der Waals surface area (Å²) >= 11 is 0. The maximum Gasteiger partial charge on any atom is 0.422 e. The highest BCUT2D eigenvalue weighted by Crippen LogP contribution is 2.35. The van der Waals surface area contributed by atoms with Crippen molar-refractivity contribution in [3.05, 3.63) is 23.5 Å². The fraction of sp³-hybridized carbons (Fsp3) is 0.588. The van der Waals surface area contributed by atoms with E-state index in [4.69, 9.17) is 4.74 Å². The Bertz CT molecular complexity index is 678. The number of carbonyl (C=O) groups is 2. The van der Waals surface area contributed by atoms with Crippen molar-refractivity contribution >= 4 is 11.9 Å². The van der Waals surface area contributed by atoms with Gasteiger partial charge in [-0.3, -0.25) is 9.78 Å². The van der Waals surface area contributed by atoms with Crippen molar-refractivity contribution in [2.45, 2.75) is 38.9 Å². The normalized spacial score (nSPS) is 20.6. The quantitative estimate of drug-likeness (QED) is 0.601. The summed E-state index contributed by atoms with van der Waals surface area (Å²) < 4.78 is 46.0. The zero-order chi connectivity index (χ0) is 19.5. The molecule has 2 rings (SSSR count). The van der Waals surface area contributed by atoms with E-state index < -0.39 is 30.7 Å². The molecule has 1 aromatic heterocycles. The number of hydrogen-bond acceptors (Lipinski definition) is 5. The van der Waals surface area contributed by atoms with E-state index in [0.717, 1.165) is 6.42 Å². The van der Waals surface area contributed by atoms with Gasteiger partial charge in [0.2, 0.25) is 0 Å². The molecule has 1 aliphatic rings. The summed E-state index contributed by atoms with van der Waals surface area (Å²) in [6.45, 7) is 2.14. The van der Waals surface area contributed by atoms with E-state index >= 15 is 0 Å². The molecule has 144 valence electrons. The van der Waals surface area contributed by atoms with Crippen molar-refractivity contribution < 1.29 is 32.2 Å². The smallest absolute Gasteiger partial charge is 0.422 e. The first-order chi connectivity index (χ1) is 12.1. The number of alkyl halides is 3. The molecule has 26 heavy (non-hydrogen) atoms. The Hall–Kier alpha value is -2.32. The third-order valence-electron chi connectivity index (χ3n) is 4.29. The van der Waals surface area contributed by atoms with E-state index in [-0.39, 0.29) is 12.5 Å². The predicted molar refractivity (Wildman–Crippen MR) is 85.4 cm³/mol. The highest BCUT2D eigenvalue weighted by Gasteiger charge is 2.37. The van der Waals surface area contributed by atoms with Crippen molar-refractivity contribution in [2.24, 2.45) is 5.92 Å². The Balaban J connectivity index is 2.22. The average molecular weight is 374 g/mol. The molecule has 0 aromatic carbocycles. The number of nitrogens with zero attached hydrogens (tertiary/aromatic N) is 2. The first-order valence-corrected chi connectivity index (χ1v) is 8.17. The molecule has 9 heteroatoms.